The molecule has 0 fully saturated rings. The number of fused-ring (bicyclic) bond motifs is 1. The lowest BCUT2D eigenvalue weighted by Crippen LogP contribution is -2.20. The fourth-order valence-corrected chi connectivity index (χ4v) is 2.72. The normalized spacial score (nSPS) is 10.5. The highest BCUT2D eigenvalue weighted by Gasteiger charge is 2.13. The summed E-state index contributed by atoms with van der Waals surface area (Å²) < 4.78 is 5.26. The van der Waals surface area contributed by atoms with Gasteiger partial charge < -0.3 is 10.1 Å². The van der Waals surface area contributed by atoms with E-state index in [-0.39, 0.29) is 6.42 Å². The number of nitrogens with one attached hydrogen (secondary N) is 1. The van der Waals surface area contributed by atoms with Gasteiger partial charge in [0.25, 0.3) is 0 Å². The maximum Gasteiger partial charge on any atom is 0.320 e. The van der Waals surface area contributed by atoms with Gasteiger partial charge in [0.05, 0.1) is 0 Å². The molecule has 3 aromatic carbocycles. The lowest BCUT2D eigenvalue weighted by Gasteiger charge is -2.09. The largest absolute Gasteiger partial charge is 0.426 e. The molecule has 0 unspecified atom stereocenters. The molecule has 0 spiro atoms. The fraction of sp³-hybridized carbons (Fsp3) is 0.100. The Bertz CT molecular complexity index is 953. The SMILES string of the molecule is Cc1cc(Cl)ccc1NC(=O)CC(=O)Oc1ccc2ccccc2c1. The van der Waals surface area contributed by atoms with Gasteiger partial charge in [-0.1, -0.05) is 41.9 Å². The molecule has 0 bridgehead atoms. The van der Waals surface area contributed by atoms with Gasteiger partial charge in [0.15, 0.2) is 0 Å². The van der Waals surface area contributed by atoms with E-state index in [1.807, 2.05) is 37.3 Å². The molecule has 0 aliphatic heterocycles. The van der Waals surface area contributed by atoms with Crippen molar-refractivity contribution < 1.29 is 14.3 Å². The molecule has 25 heavy (non-hydrogen) atoms. The summed E-state index contributed by atoms with van der Waals surface area (Å²) in [5, 5.41) is 5.30. The third kappa shape index (κ3) is 4.37. The number of carbonyl (C=O) groups is 2. The van der Waals surface area contributed by atoms with Crippen LogP contribution in [0.2, 0.25) is 5.02 Å². The Morgan fingerprint density at radius 1 is 1.00 bits per heavy atom. The Hall–Kier alpha value is -2.85. The second kappa shape index (κ2) is 7.36. The number of amides is 1. The minimum atomic E-state index is -0.612. The van der Waals surface area contributed by atoms with Crippen molar-refractivity contribution in [3.05, 3.63) is 71.2 Å². The molecule has 4 nitrogen and oxygen atoms in total. The second-order valence-corrected chi connectivity index (χ2v) is 6.10. The van der Waals surface area contributed by atoms with Gasteiger partial charge in [-0.15, -0.1) is 0 Å². The molecular formula is C20H16ClNO3. The number of esters is 1. The number of anilines is 1. The summed E-state index contributed by atoms with van der Waals surface area (Å²) in [6.45, 7) is 1.83. The smallest absolute Gasteiger partial charge is 0.320 e. The lowest BCUT2D eigenvalue weighted by atomic mass is 10.1. The van der Waals surface area contributed by atoms with E-state index in [1.54, 1.807) is 30.3 Å². The highest BCUT2D eigenvalue weighted by atomic mass is 35.5. The van der Waals surface area contributed by atoms with Crippen LogP contribution < -0.4 is 10.1 Å². The van der Waals surface area contributed by atoms with Gasteiger partial charge in [-0.05, 0) is 53.6 Å². The van der Waals surface area contributed by atoms with Gasteiger partial charge in [-0.2, -0.15) is 0 Å². The first-order valence-electron chi connectivity index (χ1n) is 7.77. The van der Waals surface area contributed by atoms with Crippen LogP contribution in [0.25, 0.3) is 10.8 Å². The van der Waals surface area contributed by atoms with Crippen LogP contribution >= 0.6 is 11.6 Å². The van der Waals surface area contributed by atoms with Gasteiger partial charge in [0, 0.05) is 10.7 Å². The van der Waals surface area contributed by atoms with Crippen LogP contribution in [0, 0.1) is 6.92 Å². The Kier molecular flexibility index (Phi) is 5.00. The summed E-state index contributed by atoms with van der Waals surface area (Å²) in [5.74, 6) is -0.630. The van der Waals surface area contributed by atoms with E-state index < -0.39 is 11.9 Å². The van der Waals surface area contributed by atoms with E-state index in [0.717, 1.165) is 16.3 Å². The summed E-state index contributed by atoms with van der Waals surface area (Å²) in [4.78, 5) is 24.0. The number of rotatable bonds is 4. The molecule has 0 heterocycles. The predicted molar refractivity (Wildman–Crippen MR) is 99.0 cm³/mol. The van der Waals surface area contributed by atoms with Crippen molar-refractivity contribution in [1.82, 2.24) is 0 Å². The monoisotopic (exact) mass is 353 g/mol. The Labute approximate surface area is 150 Å². The zero-order chi connectivity index (χ0) is 17.8. The van der Waals surface area contributed by atoms with E-state index in [1.165, 1.54) is 0 Å². The molecule has 0 radical (unpaired) electrons. The maximum atomic E-state index is 12.0. The molecule has 0 atom stereocenters. The number of halogens is 1. The number of benzene rings is 3. The summed E-state index contributed by atoms with van der Waals surface area (Å²) in [6, 6.07) is 18.2. The maximum absolute atomic E-state index is 12.0. The summed E-state index contributed by atoms with van der Waals surface area (Å²) in [7, 11) is 0. The van der Waals surface area contributed by atoms with Crippen LogP contribution in [0.1, 0.15) is 12.0 Å². The third-order valence-corrected chi connectivity index (χ3v) is 3.96. The van der Waals surface area contributed by atoms with Crippen LogP contribution in [0.5, 0.6) is 5.75 Å². The van der Waals surface area contributed by atoms with E-state index in [0.29, 0.717) is 16.5 Å². The van der Waals surface area contributed by atoms with Crippen LogP contribution in [-0.2, 0) is 9.59 Å². The molecule has 1 amide bonds. The number of hydrogen-bond acceptors (Lipinski definition) is 3. The third-order valence-electron chi connectivity index (χ3n) is 3.72. The molecular weight excluding hydrogens is 338 g/mol. The Morgan fingerprint density at radius 2 is 1.76 bits per heavy atom. The first kappa shape index (κ1) is 17.0. The van der Waals surface area contributed by atoms with Crippen LogP contribution in [0.15, 0.2) is 60.7 Å². The molecule has 3 rings (SSSR count). The van der Waals surface area contributed by atoms with Crippen molar-refractivity contribution in [2.24, 2.45) is 0 Å². The van der Waals surface area contributed by atoms with E-state index >= 15 is 0 Å². The zero-order valence-electron chi connectivity index (χ0n) is 13.6. The lowest BCUT2D eigenvalue weighted by molar-refractivity contribution is -0.137. The van der Waals surface area contributed by atoms with Crippen LogP contribution in [0.3, 0.4) is 0 Å². The first-order valence-corrected chi connectivity index (χ1v) is 8.14. The summed E-state index contributed by atoms with van der Waals surface area (Å²) >= 11 is 5.88. The molecule has 3 aromatic rings. The van der Waals surface area contributed by atoms with Crippen molar-refractivity contribution in [2.45, 2.75) is 13.3 Å². The Morgan fingerprint density at radius 3 is 2.52 bits per heavy atom. The molecule has 0 saturated carbocycles. The average Bonchev–Trinajstić information content (AvgIpc) is 2.57. The summed E-state index contributed by atoms with van der Waals surface area (Å²) in [5.41, 5.74) is 1.44. The second-order valence-electron chi connectivity index (χ2n) is 5.67. The van der Waals surface area contributed by atoms with Crippen molar-refractivity contribution in [3.63, 3.8) is 0 Å². The van der Waals surface area contributed by atoms with Crippen LogP contribution in [0.4, 0.5) is 5.69 Å². The van der Waals surface area contributed by atoms with E-state index in [9.17, 15) is 9.59 Å². The highest BCUT2D eigenvalue weighted by Crippen LogP contribution is 2.22. The predicted octanol–water partition coefficient (Wildman–Crippen LogP) is 4.74. The fourth-order valence-electron chi connectivity index (χ4n) is 2.49. The molecule has 126 valence electrons. The molecule has 5 heteroatoms. The van der Waals surface area contributed by atoms with Crippen molar-refractivity contribution in [1.29, 1.82) is 0 Å². The highest BCUT2D eigenvalue weighted by molar-refractivity contribution is 6.30. The summed E-state index contributed by atoms with van der Waals surface area (Å²) in [6.07, 6.45) is -0.366. The molecule has 0 aliphatic rings. The van der Waals surface area contributed by atoms with Gasteiger partial charge in [-0.3, -0.25) is 9.59 Å². The minimum absolute atomic E-state index is 0.366. The standard InChI is InChI=1S/C20H16ClNO3/c1-13-10-16(21)7-9-18(13)22-19(23)12-20(24)25-17-8-6-14-4-2-3-5-15(14)11-17/h2-11H,12H2,1H3,(H,22,23). The molecule has 0 aliphatic carbocycles. The van der Waals surface area contributed by atoms with Crippen molar-refractivity contribution in [3.8, 4) is 5.75 Å². The van der Waals surface area contributed by atoms with Crippen LogP contribution in [-0.4, -0.2) is 11.9 Å². The zero-order valence-corrected chi connectivity index (χ0v) is 14.3. The van der Waals surface area contributed by atoms with E-state index in [4.69, 9.17) is 16.3 Å². The first-order chi connectivity index (χ1) is 12.0. The number of hydrogen-bond donors (Lipinski definition) is 1. The Balaban J connectivity index is 1.62. The number of ether oxygens (including phenoxy) is 1. The van der Waals surface area contributed by atoms with E-state index in [2.05, 4.69) is 5.32 Å². The molecule has 0 saturated heterocycles. The van der Waals surface area contributed by atoms with Crippen molar-refractivity contribution >= 4 is 39.9 Å². The number of carbonyl (C=O) groups excluding carboxylic acids is 2. The van der Waals surface area contributed by atoms with Gasteiger partial charge in [-0.25, -0.2) is 0 Å². The average molecular weight is 354 g/mol. The quantitative estimate of drug-likeness (QED) is 0.419. The molecule has 0 aromatic heterocycles. The topological polar surface area (TPSA) is 55.4 Å². The van der Waals surface area contributed by atoms with Gasteiger partial charge in [0.1, 0.15) is 12.2 Å². The minimum Gasteiger partial charge on any atom is -0.426 e. The van der Waals surface area contributed by atoms with Gasteiger partial charge >= 0.3 is 5.97 Å². The molecule has 1 N–H and O–H groups in total. The number of aryl methyl sites for hydroxylation is 1. The van der Waals surface area contributed by atoms with Crippen molar-refractivity contribution in [2.75, 3.05) is 5.32 Å². The van der Waals surface area contributed by atoms with Gasteiger partial charge in [0.2, 0.25) is 5.91 Å².